The Hall–Kier alpha value is -2.05. The third-order valence-corrected chi connectivity index (χ3v) is 4.62. The van der Waals surface area contributed by atoms with Gasteiger partial charge in [-0.1, -0.05) is 0 Å². The lowest BCUT2D eigenvalue weighted by atomic mass is 9.93. The molecule has 1 atom stereocenters. The predicted molar refractivity (Wildman–Crippen MR) is 88.1 cm³/mol. The number of urea groups is 1. The van der Waals surface area contributed by atoms with Crippen molar-refractivity contribution < 1.29 is 9.59 Å². The lowest BCUT2D eigenvalue weighted by Gasteiger charge is -2.33. The van der Waals surface area contributed by atoms with E-state index < -0.39 is 6.04 Å². The fourth-order valence-corrected chi connectivity index (χ4v) is 2.99. The number of rotatable bonds is 4. The maximum Gasteiger partial charge on any atom is 0.318 e. The summed E-state index contributed by atoms with van der Waals surface area (Å²) in [6, 6.07) is 1.39. The highest BCUT2D eigenvalue weighted by molar-refractivity contribution is 5.86. The molecule has 1 aliphatic rings. The zero-order valence-electron chi connectivity index (χ0n) is 14.5. The molecule has 3 amide bonds. The fourth-order valence-electron chi connectivity index (χ4n) is 2.99. The van der Waals surface area contributed by atoms with Crippen molar-refractivity contribution in [2.45, 2.75) is 38.6 Å². The van der Waals surface area contributed by atoms with Gasteiger partial charge in [0.25, 0.3) is 0 Å². The van der Waals surface area contributed by atoms with Gasteiger partial charge in [0.05, 0.1) is 0 Å². The Balaban J connectivity index is 1.84. The van der Waals surface area contributed by atoms with Gasteiger partial charge in [0, 0.05) is 51.5 Å². The van der Waals surface area contributed by atoms with Crippen LogP contribution in [0.1, 0.15) is 38.3 Å². The van der Waals surface area contributed by atoms with E-state index >= 15 is 0 Å². The number of likely N-dealkylation sites (N-methyl/N-ethyl adjacent to an activating group) is 1. The van der Waals surface area contributed by atoms with Gasteiger partial charge < -0.3 is 15.1 Å². The molecule has 1 aromatic heterocycles. The Morgan fingerprint density at radius 1 is 1.43 bits per heavy atom. The highest BCUT2D eigenvalue weighted by atomic mass is 16.2. The van der Waals surface area contributed by atoms with Gasteiger partial charge in [-0.15, -0.1) is 0 Å². The Kier molecular flexibility index (Phi) is 5.63. The van der Waals surface area contributed by atoms with Crippen LogP contribution in [-0.4, -0.2) is 64.2 Å². The van der Waals surface area contributed by atoms with Crippen molar-refractivity contribution in [2.75, 3.05) is 26.7 Å². The van der Waals surface area contributed by atoms with Gasteiger partial charge in [0.15, 0.2) is 0 Å². The van der Waals surface area contributed by atoms with Crippen LogP contribution in [0.25, 0.3) is 0 Å². The molecule has 1 fully saturated rings. The number of likely N-dealkylation sites (tertiary alicyclic amines) is 1. The monoisotopic (exact) mass is 321 g/mol. The molecule has 0 radical (unpaired) electrons. The molecule has 0 saturated carbocycles. The molecule has 7 heteroatoms. The first-order valence-electron chi connectivity index (χ1n) is 8.22. The van der Waals surface area contributed by atoms with Crippen LogP contribution in [0.15, 0.2) is 12.3 Å². The van der Waals surface area contributed by atoms with E-state index in [0.717, 1.165) is 12.8 Å². The summed E-state index contributed by atoms with van der Waals surface area (Å²) in [6.07, 6.45) is 3.65. The van der Waals surface area contributed by atoms with E-state index in [-0.39, 0.29) is 11.9 Å². The van der Waals surface area contributed by atoms with Crippen molar-refractivity contribution in [1.29, 1.82) is 0 Å². The van der Waals surface area contributed by atoms with E-state index in [4.69, 9.17) is 0 Å². The Bertz CT molecular complexity index is 548. The van der Waals surface area contributed by atoms with Gasteiger partial charge in [-0.05, 0) is 32.8 Å². The number of aryl methyl sites for hydroxylation is 1. The average molecular weight is 321 g/mol. The SMILES string of the molecule is CCN(C)C(=O)[C@H](C)NC(=O)N1CCC(c2ccnn2C)CC1. The third-order valence-electron chi connectivity index (χ3n) is 4.62. The van der Waals surface area contributed by atoms with Crippen LogP contribution in [0.3, 0.4) is 0 Å². The molecule has 1 aliphatic heterocycles. The van der Waals surface area contributed by atoms with E-state index in [2.05, 4.69) is 10.4 Å². The molecule has 1 saturated heterocycles. The lowest BCUT2D eigenvalue weighted by Crippen LogP contribution is -2.51. The Morgan fingerprint density at radius 3 is 2.61 bits per heavy atom. The van der Waals surface area contributed by atoms with Gasteiger partial charge in [0.1, 0.15) is 6.04 Å². The summed E-state index contributed by atoms with van der Waals surface area (Å²) in [6.45, 7) is 5.68. The minimum absolute atomic E-state index is 0.0642. The third kappa shape index (κ3) is 4.03. The number of nitrogens with zero attached hydrogens (tertiary/aromatic N) is 4. The van der Waals surface area contributed by atoms with Crippen LogP contribution < -0.4 is 5.32 Å². The summed E-state index contributed by atoms with van der Waals surface area (Å²) >= 11 is 0. The summed E-state index contributed by atoms with van der Waals surface area (Å²) in [4.78, 5) is 27.7. The molecule has 0 bridgehead atoms. The molecule has 7 nitrogen and oxygen atoms in total. The van der Waals surface area contributed by atoms with E-state index in [1.165, 1.54) is 5.69 Å². The number of amides is 3. The van der Waals surface area contributed by atoms with Crippen molar-refractivity contribution in [3.63, 3.8) is 0 Å². The topological polar surface area (TPSA) is 70.5 Å². The van der Waals surface area contributed by atoms with E-state index in [9.17, 15) is 9.59 Å². The molecule has 2 rings (SSSR count). The molecule has 0 unspecified atom stereocenters. The van der Waals surface area contributed by atoms with Gasteiger partial charge in [-0.3, -0.25) is 9.48 Å². The van der Waals surface area contributed by atoms with Crippen LogP contribution in [0.2, 0.25) is 0 Å². The summed E-state index contributed by atoms with van der Waals surface area (Å²) in [5, 5.41) is 7.01. The van der Waals surface area contributed by atoms with Crippen molar-refractivity contribution in [2.24, 2.45) is 7.05 Å². The summed E-state index contributed by atoms with van der Waals surface area (Å²) < 4.78 is 1.90. The lowest BCUT2D eigenvalue weighted by molar-refractivity contribution is -0.131. The molecule has 1 aromatic rings. The molecule has 0 aliphatic carbocycles. The molecular weight excluding hydrogens is 294 g/mol. The van der Waals surface area contributed by atoms with E-state index in [1.807, 2.05) is 30.9 Å². The standard InChI is InChI=1S/C16H27N5O2/c1-5-19(3)15(22)12(2)18-16(23)21-10-7-13(8-11-21)14-6-9-17-20(14)4/h6,9,12-13H,5,7-8,10-11H2,1-4H3,(H,18,23)/t12-/m0/s1. The highest BCUT2D eigenvalue weighted by Crippen LogP contribution is 2.27. The van der Waals surface area contributed by atoms with Crippen LogP contribution in [0.5, 0.6) is 0 Å². The second-order valence-corrected chi connectivity index (χ2v) is 6.16. The quantitative estimate of drug-likeness (QED) is 0.905. The van der Waals surface area contributed by atoms with Gasteiger partial charge in [-0.2, -0.15) is 5.10 Å². The number of carbonyl (C=O) groups excluding carboxylic acids is 2. The van der Waals surface area contributed by atoms with Gasteiger partial charge >= 0.3 is 6.03 Å². The van der Waals surface area contributed by atoms with E-state index in [0.29, 0.717) is 25.6 Å². The zero-order chi connectivity index (χ0) is 17.0. The second-order valence-electron chi connectivity index (χ2n) is 6.16. The normalized spacial score (nSPS) is 17.0. The molecule has 2 heterocycles. The number of piperidine rings is 1. The Morgan fingerprint density at radius 2 is 2.09 bits per heavy atom. The predicted octanol–water partition coefficient (Wildman–Crippen LogP) is 1.18. The second kappa shape index (κ2) is 7.48. The highest BCUT2D eigenvalue weighted by Gasteiger charge is 2.27. The molecule has 23 heavy (non-hydrogen) atoms. The number of carbonyl (C=O) groups is 2. The molecular formula is C16H27N5O2. The molecule has 128 valence electrons. The van der Waals surface area contributed by atoms with Crippen molar-refractivity contribution in [3.05, 3.63) is 18.0 Å². The van der Waals surface area contributed by atoms with Crippen LogP contribution in [-0.2, 0) is 11.8 Å². The maximum absolute atomic E-state index is 12.3. The number of hydrogen-bond donors (Lipinski definition) is 1. The first kappa shape index (κ1) is 17.3. The number of aromatic nitrogens is 2. The van der Waals surface area contributed by atoms with Crippen molar-refractivity contribution >= 4 is 11.9 Å². The zero-order valence-corrected chi connectivity index (χ0v) is 14.5. The first-order valence-corrected chi connectivity index (χ1v) is 8.22. The summed E-state index contributed by atoms with van der Waals surface area (Å²) in [7, 11) is 3.69. The van der Waals surface area contributed by atoms with Gasteiger partial charge in [-0.25, -0.2) is 4.79 Å². The first-order chi connectivity index (χ1) is 10.9. The minimum Gasteiger partial charge on any atom is -0.344 e. The van der Waals surface area contributed by atoms with Crippen LogP contribution >= 0.6 is 0 Å². The molecule has 1 N–H and O–H groups in total. The van der Waals surface area contributed by atoms with Crippen LogP contribution in [0, 0.1) is 0 Å². The molecule has 0 spiro atoms. The van der Waals surface area contributed by atoms with Crippen molar-refractivity contribution in [1.82, 2.24) is 24.9 Å². The Labute approximate surface area is 137 Å². The number of hydrogen-bond acceptors (Lipinski definition) is 3. The summed E-state index contributed by atoms with van der Waals surface area (Å²) in [5.74, 6) is 0.377. The largest absolute Gasteiger partial charge is 0.344 e. The minimum atomic E-state index is -0.498. The summed E-state index contributed by atoms with van der Waals surface area (Å²) in [5.41, 5.74) is 1.22. The molecule has 0 aromatic carbocycles. The van der Waals surface area contributed by atoms with E-state index in [1.54, 1.807) is 23.8 Å². The number of nitrogens with one attached hydrogen (secondary N) is 1. The van der Waals surface area contributed by atoms with Crippen LogP contribution in [0.4, 0.5) is 4.79 Å². The smallest absolute Gasteiger partial charge is 0.318 e. The maximum atomic E-state index is 12.3. The van der Waals surface area contributed by atoms with Gasteiger partial charge in [0.2, 0.25) is 5.91 Å². The van der Waals surface area contributed by atoms with Crippen molar-refractivity contribution in [3.8, 4) is 0 Å². The fraction of sp³-hybridized carbons (Fsp3) is 0.688. The average Bonchev–Trinajstić information content (AvgIpc) is 2.99.